The smallest absolute Gasteiger partial charge is 0.0930 e. The Morgan fingerprint density at radius 1 is 1.05 bits per heavy atom. The second-order valence-electron chi connectivity index (χ2n) is 5.35. The fraction of sp³-hybridized carbons (Fsp3) is 0.312. The molecule has 0 bridgehead atoms. The molecule has 21 heavy (non-hydrogen) atoms. The minimum Gasteiger partial charge on any atom is -0.385 e. The highest BCUT2D eigenvalue weighted by Gasteiger charge is 2.34. The van der Waals surface area contributed by atoms with E-state index in [-0.39, 0.29) is 0 Å². The fourth-order valence-corrected chi connectivity index (χ4v) is 3.16. The average Bonchev–Trinajstić information content (AvgIpc) is 2.49. The summed E-state index contributed by atoms with van der Waals surface area (Å²) < 4.78 is 0. The van der Waals surface area contributed by atoms with Gasteiger partial charge < -0.3 is 10.0 Å². The van der Waals surface area contributed by atoms with Crippen LogP contribution in [-0.2, 0) is 5.60 Å². The maximum absolute atomic E-state index is 10.9. The summed E-state index contributed by atoms with van der Waals surface area (Å²) in [6, 6.07) is 9.35. The summed E-state index contributed by atoms with van der Waals surface area (Å²) in [5.74, 6) is 0. The lowest BCUT2D eigenvalue weighted by atomic mass is 9.84. The summed E-state index contributed by atoms with van der Waals surface area (Å²) >= 11 is 12.1. The largest absolute Gasteiger partial charge is 0.385 e. The monoisotopic (exact) mass is 322 g/mol. The van der Waals surface area contributed by atoms with Crippen molar-refractivity contribution in [1.29, 1.82) is 0 Å². The standard InChI is InChI=1S/C16H16Cl2N2O/c17-13-3-1-12(2-4-13)16(21)6-9-20(10-7-16)15-5-8-19-11-14(15)18/h1-5,8,11,21H,6-7,9-10H2. The van der Waals surface area contributed by atoms with E-state index in [1.54, 1.807) is 12.4 Å². The van der Waals surface area contributed by atoms with Crippen molar-refractivity contribution in [2.45, 2.75) is 18.4 Å². The first-order valence-corrected chi connectivity index (χ1v) is 7.67. The quantitative estimate of drug-likeness (QED) is 0.911. The van der Waals surface area contributed by atoms with Crippen LogP contribution in [0.5, 0.6) is 0 Å². The van der Waals surface area contributed by atoms with Gasteiger partial charge in [-0.15, -0.1) is 0 Å². The van der Waals surface area contributed by atoms with Crippen LogP contribution in [0.15, 0.2) is 42.7 Å². The third-order valence-corrected chi connectivity index (χ3v) is 4.61. The first-order chi connectivity index (χ1) is 10.1. The van der Waals surface area contributed by atoms with Crippen LogP contribution in [0.25, 0.3) is 0 Å². The van der Waals surface area contributed by atoms with Crippen molar-refractivity contribution in [2.24, 2.45) is 0 Å². The number of piperidine rings is 1. The van der Waals surface area contributed by atoms with Gasteiger partial charge in [-0.25, -0.2) is 0 Å². The molecule has 1 aliphatic rings. The number of pyridine rings is 1. The molecular weight excluding hydrogens is 307 g/mol. The zero-order valence-electron chi connectivity index (χ0n) is 11.5. The molecule has 2 heterocycles. The van der Waals surface area contributed by atoms with E-state index in [1.165, 1.54) is 0 Å². The van der Waals surface area contributed by atoms with Gasteiger partial charge in [0, 0.05) is 30.5 Å². The van der Waals surface area contributed by atoms with Gasteiger partial charge in [-0.3, -0.25) is 4.98 Å². The molecule has 1 aromatic heterocycles. The van der Waals surface area contributed by atoms with Gasteiger partial charge in [0.15, 0.2) is 0 Å². The topological polar surface area (TPSA) is 36.4 Å². The van der Waals surface area contributed by atoms with E-state index in [0.29, 0.717) is 22.9 Å². The molecule has 1 fully saturated rings. The minimum absolute atomic E-state index is 0.648. The number of aromatic nitrogens is 1. The third kappa shape index (κ3) is 3.00. The Morgan fingerprint density at radius 3 is 2.33 bits per heavy atom. The summed E-state index contributed by atoms with van der Waals surface area (Å²) in [6.07, 6.45) is 4.71. The maximum atomic E-state index is 10.9. The summed E-state index contributed by atoms with van der Waals surface area (Å²) in [5, 5.41) is 12.2. The predicted molar refractivity (Wildman–Crippen MR) is 86.0 cm³/mol. The van der Waals surface area contributed by atoms with Gasteiger partial charge in [-0.2, -0.15) is 0 Å². The van der Waals surface area contributed by atoms with E-state index in [4.69, 9.17) is 23.2 Å². The normalized spacial score (nSPS) is 17.8. The van der Waals surface area contributed by atoms with E-state index in [2.05, 4.69) is 9.88 Å². The van der Waals surface area contributed by atoms with E-state index in [1.807, 2.05) is 30.3 Å². The molecule has 3 rings (SSSR count). The number of halogens is 2. The second-order valence-corrected chi connectivity index (χ2v) is 6.20. The Kier molecular flexibility index (Phi) is 4.07. The van der Waals surface area contributed by atoms with Crippen LogP contribution in [0.2, 0.25) is 10.0 Å². The van der Waals surface area contributed by atoms with E-state index in [9.17, 15) is 5.11 Å². The van der Waals surface area contributed by atoms with Crippen molar-refractivity contribution in [3.63, 3.8) is 0 Å². The molecule has 0 aliphatic carbocycles. The molecule has 3 nitrogen and oxygen atoms in total. The number of nitrogens with zero attached hydrogens (tertiary/aromatic N) is 2. The molecule has 0 spiro atoms. The number of benzene rings is 1. The minimum atomic E-state index is -0.791. The van der Waals surface area contributed by atoms with Crippen LogP contribution in [0.3, 0.4) is 0 Å². The van der Waals surface area contributed by atoms with Crippen molar-refractivity contribution < 1.29 is 5.11 Å². The SMILES string of the molecule is OC1(c2ccc(Cl)cc2)CCN(c2ccncc2Cl)CC1. The molecule has 1 saturated heterocycles. The van der Waals surface area contributed by atoms with Crippen LogP contribution in [-0.4, -0.2) is 23.2 Å². The molecule has 0 atom stereocenters. The second kappa shape index (κ2) is 5.84. The number of hydrogen-bond acceptors (Lipinski definition) is 3. The Hall–Kier alpha value is -1.29. The Morgan fingerprint density at radius 2 is 1.71 bits per heavy atom. The van der Waals surface area contributed by atoms with Gasteiger partial charge in [-0.05, 0) is 36.6 Å². The van der Waals surface area contributed by atoms with Crippen molar-refractivity contribution in [3.05, 3.63) is 58.3 Å². The van der Waals surface area contributed by atoms with Gasteiger partial charge in [0.1, 0.15) is 0 Å². The highest BCUT2D eigenvalue weighted by Crippen LogP contribution is 2.36. The van der Waals surface area contributed by atoms with Crippen LogP contribution in [0.4, 0.5) is 5.69 Å². The number of hydrogen-bond donors (Lipinski definition) is 1. The summed E-state index contributed by atoms with van der Waals surface area (Å²) in [5.41, 5.74) is 1.11. The van der Waals surface area contributed by atoms with Crippen molar-refractivity contribution in [2.75, 3.05) is 18.0 Å². The van der Waals surface area contributed by atoms with Gasteiger partial charge in [-0.1, -0.05) is 35.3 Å². The number of rotatable bonds is 2. The Balaban J connectivity index is 1.75. The molecule has 1 N–H and O–H groups in total. The van der Waals surface area contributed by atoms with Gasteiger partial charge in [0.05, 0.1) is 16.3 Å². The zero-order chi connectivity index (χ0) is 14.9. The fourth-order valence-electron chi connectivity index (χ4n) is 2.79. The summed E-state index contributed by atoms with van der Waals surface area (Å²) in [7, 11) is 0. The average molecular weight is 323 g/mol. The molecule has 0 saturated carbocycles. The molecule has 0 amide bonds. The lowest BCUT2D eigenvalue weighted by Crippen LogP contribution is -2.42. The van der Waals surface area contributed by atoms with Crippen LogP contribution in [0, 0.1) is 0 Å². The maximum Gasteiger partial charge on any atom is 0.0930 e. The highest BCUT2D eigenvalue weighted by atomic mass is 35.5. The molecular formula is C16H16Cl2N2O. The molecule has 5 heteroatoms. The third-order valence-electron chi connectivity index (χ3n) is 4.06. The zero-order valence-corrected chi connectivity index (χ0v) is 13.0. The van der Waals surface area contributed by atoms with Crippen LogP contribution < -0.4 is 4.90 Å². The van der Waals surface area contributed by atoms with Crippen molar-refractivity contribution >= 4 is 28.9 Å². The molecule has 2 aromatic rings. The first kappa shape index (κ1) is 14.6. The lowest BCUT2D eigenvalue weighted by molar-refractivity contribution is 0.0118. The van der Waals surface area contributed by atoms with Gasteiger partial charge >= 0.3 is 0 Å². The molecule has 1 aromatic carbocycles. The predicted octanol–water partition coefficient (Wildman–Crippen LogP) is 3.88. The van der Waals surface area contributed by atoms with Gasteiger partial charge in [0.25, 0.3) is 0 Å². The molecule has 110 valence electrons. The lowest BCUT2D eigenvalue weighted by Gasteiger charge is -2.39. The van der Waals surface area contributed by atoms with Crippen molar-refractivity contribution in [3.8, 4) is 0 Å². The van der Waals surface area contributed by atoms with Crippen LogP contribution in [0.1, 0.15) is 18.4 Å². The van der Waals surface area contributed by atoms with E-state index in [0.717, 1.165) is 24.3 Å². The summed E-state index contributed by atoms with van der Waals surface area (Å²) in [4.78, 5) is 6.19. The van der Waals surface area contributed by atoms with E-state index < -0.39 is 5.60 Å². The number of anilines is 1. The number of aliphatic hydroxyl groups is 1. The first-order valence-electron chi connectivity index (χ1n) is 6.91. The van der Waals surface area contributed by atoms with Gasteiger partial charge in [0.2, 0.25) is 0 Å². The molecule has 0 radical (unpaired) electrons. The molecule has 1 aliphatic heterocycles. The highest BCUT2D eigenvalue weighted by molar-refractivity contribution is 6.33. The van der Waals surface area contributed by atoms with Crippen molar-refractivity contribution in [1.82, 2.24) is 4.98 Å². The Labute approximate surface area is 134 Å². The Bertz CT molecular complexity index is 622. The summed E-state index contributed by atoms with van der Waals surface area (Å²) in [6.45, 7) is 1.51. The van der Waals surface area contributed by atoms with E-state index >= 15 is 0 Å². The van der Waals surface area contributed by atoms with Crippen LogP contribution >= 0.6 is 23.2 Å². The molecule has 0 unspecified atom stereocenters.